The number of urea groups is 1. The molecule has 0 spiro atoms. The molecular weight excluding hydrogens is 370 g/mol. The highest BCUT2D eigenvalue weighted by atomic mass is 28.3. The number of ether oxygens (including phenoxy) is 1. The van der Waals surface area contributed by atoms with Gasteiger partial charge in [0.05, 0.1) is 6.20 Å². The molecule has 3 rings (SSSR count). The number of nitrogens with one attached hydrogen (secondary N) is 2. The van der Waals surface area contributed by atoms with Gasteiger partial charge in [-0.2, -0.15) is 0 Å². The molecule has 2 N–H and O–H groups in total. The molecule has 0 aliphatic heterocycles. The highest BCUT2D eigenvalue weighted by molar-refractivity contribution is 6.76. The van der Waals surface area contributed by atoms with Crippen molar-refractivity contribution in [2.75, 3.05) is 11.9 Å². The van der Waals surface area contributed by atoms with Crippen LogP contribution in [0.3, 0.4) is 0 Å². The third kappa shape index (κ3) is 5.78. The maximum atomic E-state index is 12.4. The summed E-state index contributed by atoms with van der Waals surface area (Å²) in [5.41, 5.74) is 1.38. The number of hydrogen-bond donors (Lipinski definition) is 2. The predicted octanol–water partition coefficient (Wildman–Crippen LogP) is 4.59. The Morgan fingerprint density at radius 2 is 2.04 bits per heavy atom. The number of fused-ring (bicyclic) bond motifs is 1. The van der Waals surface area contributed by atoms with E-state index in [1.807, 2.05) is 16.8 Å². The molecule has 1 saturated carbocycles. The Morgan fingerprint density at radius 3 is 2.75 bits per heavy atom. The lowest BCUT2D eigenvalue weighted by atomic mass is 9.83. The third-order valence-corrected chi connectivity index (χ3v) is 7.01. The topological polar surface area (TPSA) is 81.1 Å². The monoisotopic (exact) mass is 403 g/mol. The van der Waals surface area contributed by atoms with Gasteiger partial charge in [-0.3, -0.25) is 5.32 Å². The van der Waals surface area contributed by atoms with Crippen LogP contribution in [-0.2, 0) is 11.5 Å². The normalized spacial score (nSPS) is 16.9. The van der Waals surface area contributed by atoms with Crippen molar-refractivity contribution in [3.63, 3.8) is 0 Å². The summed E-state index contributed by atoms with van der Waals surface area (Å²) >= 11 is 0. The molecule has 2 amide bonds. The molecule has 0 radical (unpaired) electrons. The summed E-state index contributed by atoms with van der Waals surface area (Å²) in [5.74, 6) is 0.460. The lowest BCUT2D eigenvalue weighted by Crippen LogP contribution is -2.49. The van der Waals surface area contributed by atoms with Gasteiger partial charge in [0.2, 0.25) is 0 Å². The standard InChI is InChI=1S/C20H33N5O2Si/c1-20(9-6-5-7-10-20)24-19(26)23-17-14-21-18-16(22-17)8-11-25(18)15-27-12-13-28(2,3)4/h8,11,14H,5-7,9-10,12-13,15H2,1-4H3,(H2,22,23,24,26). The fourth-order valence-corrected chi connectivity index (χ4v) is 4.30. The van der Waals surface area contributed by atoms with Gasteiger partial charge in [0.25, 0.3) is 0 Å². The van der Waals surface area contributed by atoms with Crippen molar-refractivity contribution >= 4 is 31.1 Å². The predicted molar refractivity (Wildman–Crippen MR) is 115 cm³/mol. The van der Waals surface area contributed by atoms with Gasteiger partial charge in [0.1, 0.15) is 12.2 Å². The summed E-state index contributed by atoms with van der Waals surface area (Å²) in [6.07, 6.45) is 9.14. The zero-order chi connectivity index (χ0) is 20.2. The van der Waals surface area contributed by atoms with E-state index >= 15 is 0 Å². The van der Waals surface area contributed by atoms with E-state index in [0.29, 0.717) is 12.5 Å². The summed E-state index contributed by atoms with van der Waals surface area (Å²) < 4.78 is 7.75. The second-order valence-corrected chi connectivity index (χ2v) is 14.9. The van der Waals surface area contributed by atoms with E-state index in [2.05, 4.69) is 47.2 Å². The Balaban J connectivity index is 1.56. The number of carbonyl (C=O) groups is 1. The average molecular weight is 404 g/mol. The third-order valence-electron chi connectivity index (χ3n) is 5.30. The molecule has 0 aromatic carbocycles. The lowest BCUT2D eigenvalue weighted by Gasteiger charge is -2.34. The lowest BCUT2D eigenvalue weighted by molar-refractivity contribution is 0.0899. The number of amides is 2. The van der Waals surface area contributed by atoms with Crippen molar-refractivity contribution < 1.29 is 9.53 Å². The van der Waals surface area contributed by atoms with Crippen LogP contribution in [0.15, 0.2) is 18.5 Å². The number of carbonyl (C=O) groups excluding carboxylic acids is 1. The molecule has 1 aliphatic carbocycles. The van der Waals surface area contributed by atoms with Crippen LogP contribution < -0.4 is 10.6 Å². The van der Waals surface area contributed by atoms with Crippen LogP contribution in [0.1, 0.15) is 39.0 Å². The van der Waals surface area contributed by atoms with Crippen molar-refractivity contribution in [2.24, 2.45) is 0 Å². The molecule has 2 aromatic rings. The number of hydrogen-bond acceptors (Lipinski definition) is 4. The van der Waals surface area contributed by atoms with Crippen LogP contribution in [0.2, 0.25) is 25.7 Å². The van der Waals surface area contributed by atoms with Crippen LogP contribution >= 0.6 is 0 Å². The Kier molecular flexibility index (Phi) is 6.39. The molecule has 7 nitrogen and oxygen atoms in total. The molecule has 0 bridgehead atoms. The summed E-state index contributed by atoms with van der Waals surface area (Å²) in [4.78, 5) is 21.4. The highest BCUT2D eigenvalue weighted by Gasteiger charge is 2.28. The van der Waals surface area contributed by atoms with Gasteiger partial charge in [0.15, 0.2) is 11.5 Å². The molecule has 154 valence electrons. The summed E-state index contributed by atoms with van der Waals surface area (Å²) in [7, 11) is -1.09. The quantitative estimate of drug-likeness (QED) is 0.523. The summed E-state index contributed by atoms with van der Waals surface area (Å²) in [6, 6.07) is 2.82. The molecule has 1 aliphatic rings. The largest absolute Gasteiger partial charge is 0.361 e. The van der Waals surface area contributed by atoms with Gasteiger partial charge >= 0.3 is 6.03 Å². The van der Waals surface area contributed by atoms with Gasteiger partial charge in [-0.05, 0) is 31.9 Å². The first-order valence-corrected chi connectivity index (χ1v) is 13.9. The van der Waals surface area contributed by atoms with E-state index in [4.69, 9.17) is 4.74 Å². The SMILES string of the molecule is CC1(NC(=O)Nc2cnc3c(ccn3COCC[Si](C)(C)C)n2)CCCCC1. The second kappa shape index (κ2) is 8.61. The first kappa shape index (κ1) is 20.8. The highest BCUT2D eigenvalue weighted by Crippen LogP contribution is 2.27. The van der Waals surface area contributed by atoms with Crippen molar-refractivity contribution in [1.29, 1.82) is 0 Å². The zero-order valence-corrected chi connectivity index (χ0v) is 18.5. The van der Waals surface area contributed by atoms with E-state index in [0.717, 1.165) is 49.5 Å². The van der Waals surface area contributed by atoms with Gasteiger partial charge in [-0.1, -0.05) is 38.9 Å². The van der Waals surface area contributed by atoms with E-state index in [1.54, 1.807) is 6.20 Å². The van der Waals surface area contributed by atoms with Crippen LogP contribution in [0.25, 0.3) is 11.2 Å². The Hall–Kier alpha value is -1.93. The van der Waals surface area contributed by atoms with Gasteiger partial charge in [0, 0.05) is 26.4 Å². The minimum atomic E-state index is -1.09. The number of nitrogens with zero attached hydrogens (tertiary/aromatic N) is 3. The van der Waals surface area contributed by atoms with Crippen LogP contribution in [0, 0.1) is 0 Å². The Morgan fingerprint density at radius 1 is 1.29 bits per heavy atom. The Bertz CT molecular complexity index is 809. The molecule has 1 fully saturated rings. The molecule has 2 heterocycles. The number of aromatic nitrogens is 3. The summed E-state index contributed by atoms with van der Waals surface area (Å²) in [5, 5.41) is 5.93. The first-order chi connectivity index (χ1) is 13.2. The fraction of sp³-hybridized carbons (Fsp3) is 0.650. The van der Waals surface area contributed by atoms with Crippen LogP contribution in [0.5, 0.6) is 0 Å². The van der Waals surface area contributed by atoms with Gasteiger partial charge in [-0.15, -0.1) is 0 Å². The zero-order valence-electron chi connectivity index (χ0n) is 17.5. The molecule has 0 atom stereocenters. The Labute approximate surface area is 168 Å². The van der Waals surface area contributed by atoms with Crippen molar-refractivity contribution in [3.8, 4) is 0 Å². The minimum absolute atomic E-state index is 0.129. The van der Waals surface area contributed by atoms with Gasteiger partial charge in [-0.25, -0.2) is 14.8 Å². The van der Waals surface area contributed by atoms with Crippen molar-refractivity contribution in [1.82, 2.24) is 19.9 Å². The minimum Gasteiger partial charge on any atom is -0.361 e. The van der Waals surface area contributed by atoms with E-state index in [-0.39, 0.29) is 11.6 Å². The van der Waals surface area contributed by atoms with Crippen LogP contribution in [-0.4, -0.2) is 40.8 Å². The number of anilines is 1. The summed E-state index contributed by atoms with van der Waals surface area (Å²) in [6.45, 7) is 10.4. The van der Waals surface area contributed by atoms with E-state index in [1.165, 1.54) is 6.42 Å². The molecule has 0 unspecified atom stereocenters. The fourth-order valence-electron chi connectivity index (χ4n) is 3.55. The van der Waals surface area contributed by atoms with E-state index in [9.17, 15) is 4.79 Å². The second-order valence-electron chi connectivity index (χ2n) is 9.30. The number of rotatable bonds is 7. The maximum absolute atomic E-state index is 12.4. The molecular formula is C20H33N5O2Si. The molecule has 2 aromatic heterocycles. The van der Waals surface area contributed by atoms with Crippen molar-refractivity contribution in [2.45, 2.75) is 77.0 Å². The molecule has 8 heteroatoms. The molecule has 28 heavy (non-hydrogen) atoms. The van der Waals surface area contributed by atoms with Crippen molar-refractivity contribution in [3.05, 3.63) is 18.5 Å². The van der Waals surface area contributed by atoms with Crippen LogP contribution in [0.4, 0.5) is 10.6 Å². The average Bonchev–Trinajstić information content (AvgIpc) is 3.00. The van der Waals surface area contributed by atoms with Gasteiger partial charge < -0.3 is 14.6 Å². The van der Waals surface area contributed by atoms with E-state index < -0.39 is 8.07 Å². The maximum Gasteiger partial charge on any atom is 0.320 e. The smallest absolute Gasteiger partial charge is 0.320 e. The molecule has 0 saturated heterocycles. The first-order valence-electron chi connectivity index (χ1n) is 10.2.